The molecule has 0 aliphatic carbocycles. The molecule has 2 aliphatic heterocycles. The fourth-order valence-corrected chi connectivity index (χ4v) is 3.60. The van der Waals surface area contributed by atoms with Crippen molar-refractivity contribution in [3.63, 3.8) is 0 Å². The van der Waals surface area contributed by atoms with Gasteiger partial charge in [-0.1, -0.05) is 13.0 Å². The summed E-state index contributed by atoms with van der Waals surface area (Å²) in [6.07, 6.45) is -2.78. The van der Waals surface area contributed by atoms with Crippen molar-refractivity contribution in [2.45, 2.75) is 45.3 Å². The molecule has 0 saturated carbocycles. The smallest absolute Gasteiger partial charge is 0.449 e. The Balaban J connectivity index is 1.47. The summed E-state index contributed by atoms with van der Waals surface area (Å²) >= 11 is 0. The third kappa shape index (κ3) is 5.58. The number of hydrogen-bond acceptors (Lipinski definition) is 6. The second kappa shape index (κ2) is 9.60. The fourth-order valence-electron chi connectivity index (χ4n) is 3.60. The van der Waals surface area contributed by atoms with E-state index in [2.05, 4.69) is 5.32 Å². The van der Waals surface area contributed by atoms with Crippen LogP contribution in [0.1, 0.15) is 25.8 Å². The lowest BCUT2D eigenvalue weighted by Crippen LogP contribution is -2.45. The molecule has 174 valence electrons. The Morgan fingerprint density at radius 1 is 1.19 bits per heavy atom. The molecule has 8 nitrogen and oxygen atoms in total. The quantitative estimate of drug-likeness (QED) is 0.453. The summed E-state index contributed by atoms with van der Waals surface area (Å²) in [6, 6.07) is 4.19. The van der Waals surface area contributed by atoms with Gasteiger partial charge in [0, 0.05) is 37.7 Å². The van der Waals surface area contributed by atoms with Crippen molar-refractivity contribution < 1.29 is 37.0 Å². The van der Waals surface area contributed by atoms with Crippen LogP contribution in [0.2, 0.25) is 0 Å². The van der Waals surface area contributed by atoms with Crippen LogP contribution in [0.25, 0.3) is 0 Å². The maximum atomic E-state index is 13.1. The van der Waals surface area contributed by atoms with Crippen molar-refractivity contribution in [1.82, 2.24) is 15.1 Å². The average molecular weight is 455 g/mol. The number of halogens is 3. The van der Waals surface area contributed by atoms with Crippen LogP contribution in [-0.4, -0.2) is 65.8 Å². The summed E-state index contributed by atoms with van der Waals surface area (Å²) in [6.45, 7) is 2.82. The molecular formula is C21H24F3N3O5. The Hall–Kier alpha value is -3.08. The third-order valence-corrected chi connectivity index (χ3v) is 5.18. The number of hydrogen-bond donors (Lipinski definition) is 1. The molecule has 0 saturated heterocycles. The van der Waals surface area contributed by atoms with E-state index in [-0.39, 0.29) is 38.4 Å². The number of rotatable bonds is 9. The first-order chi connectivity index (χ1) is 15.1. The van der Waals surface area contributed by atoms with E-state index in [1.807, 2.05) is 0 Å². The monoisotopic (exact) mass is 455 g/mol. The van der Waals surface area contributed by atoms with Crippen LogP contribution in [0.3, 0.4) is 0 Å². The van der Waals surface area contributed by atoms with Gasteiger partial charge in [-0.2, -0.15) is 13.2 Å². The highest BCUT2D eigenvalue weighted by Crippen LogP contribution is 2.36. The van der Waals surface area contributed by atoms with Gasteiger partial charge in [-0.05, 0) is 31.0 Å². The van der Waals surface area contributed by atoms with Gasteiger partial charge in [0.1, 0.15) is 0 Å². The number of benzene rings is 1. The number of imide groups is 1. The van der Waals surface area contributed by atoms with Crippen LogP contribution in [0, 0.1) is 0 Å². The number of carbonyl (C=O) groups excluding carboxylic acids is 3. The highest BCUT2D eigenvalue weighted by molar-refractivity contribution is 6.13. The standard InChI is InChI=1S/C21H24F3N3O5/c1-3-27(21(22,23)24)13(2)10-14-4-5-15-16(11-14)32-20(31-15)12-25-17(28)8-9-26-18(29)6-7-19(26)30/h4-7,11,13,20H,3,8-10,12H2,1-2H3,(H,25,28). The van der Waals surface area contributed by atoms with Crippen molar-refractivity contribution in [2.75, 3.05) is 19.6 Å². The summed E-state index contributed by atoms with van der Waals surface area (Å²) in [5, 5.41) is 2.61. The van der Waals surface area contributed by atoms with E-state index < -0.39 is 30.4 Å². The summed E-state index contributed by atoms with van der Waals surface area (Å²) in [7, 11) is 0. The molecule has 1 aromatic rings. The van der Waals surface area contributed by atoms with Gasteiger partial charge in [-0.3, -0.25) is 19.3 Å². The van der Waals surface area contributed by atoms with E-state index in [1.165, 1.54) is 13.8 Å². The van der Waals surface area contributed by atoms with Crippen LogP contribution in [0.15, 0.2) is 30.4 Å². The van der Waals surface area contributed by atoms with Crippen LogP contribution in [-0.2, 0) is 20.8 Å². The Bertz CT molecular complexity index is 900. The van der Waals surface area contributed by atoms with Gasteiger partial charge in [0.15, 0.2) is 11.5 Å². The molecule has 1 N–H and O–H groups in total. The van der Waals surface area contributed by atoms with E-state index in [0.29, 0.717) is 22.0 Å². The molecule has 0 bridgehead atoms. The Morgan fingerprint density at radius 2 is 1.84 bits per heavy atom. The number of ether oxygens (including phenoxy) is 2. The van der Waals surface area contributed by atoms with Crippen molar-refractivity contribution >= 4 is 17.7 Å². The van der Waals surface area contributed by atoms with E-state index in [1.54, 1.807) is 18.2 Å². The summed E-state index contributed by atoms with van der Waals surface area (Å²) < 4.78 is 50.5. The Labute approximate surface area is 182 Å². The first kappa shape index (κ1) is 23.6. The number of amides is 3. The van der Waals surface area contributed by atoms with Gasteiger partial charge < -0.3 is 14.8 Å². The second-order valence-electron chi connectivity index (χ2n) is 7.47. The Morgan fingerprint density at radius 3 is 2.47 bits per heavy atom. The van der Waals surface area contributed by atoms with Crippen LogP contribution >= 0.6 is 0 Å². The van der Waals surface area contributed by atoms with Crippen LogP contribution in [0.5, 0.6) is 11.5 Å². The van der Waals surface area contributed by atoms with Crippen LogP contribution < -0.4 is 14.8 Å². The van der Waals surface area contributed by atoms with Gasteiger partial charge in [0.2, 0.25) is 5.91 Å². The third-order valence-electron chi connectivity index (χ3n) is 5.18. The first-order valence-electron chi connectivity index (χ1n) is 10.2. The van der Waals surface area contributed by atoms with Gasteiger partial charge in [-0.15, -0.1) is 0 Å². The number of carbonyl (C=O) groups is 3. The van der Waals surface area contributed by atoms with Gasteiger partial charge >= 0.3 is 6.30 Å². The first-order valence-corrected chi connectivity index (χ1v) is 10.2. The number of alkyl halides is 3. The topological polar surface area (TPSA) is 88.2 Å². The number of fused-ring (bicyclic) bond motifs is 1. The lowest BCUT2D eigenvalue weighted by atomic mass is 10.1. The van der Waals surface area contributed by atoms with Crippen molar-refractivity contribution in [3.05, 3.63) is 35.9 Å². The van der Waals surface area contributed by atoms with E-state index in [0.717, 1.165) is 17.1 Å². The van der Waals surface area contributed by atoms with Crippen molar-refractivity contribution in [3.8, 4) is 11.5 Å². The van der Waals surface area contributed by atoms with Crippen molar-refractivity contribution in [2.24, 2.45) is 0 Å². The molecule has 3 amide bonds. The molecule has 0 fully saturated rings. The molecule has 0 aromatic heterocycles. The highest BCUT2D eigenvalue weighted by atomic mass is 19.4. The minimum atomic E-state index is -4.40. The number of nitrogens with zero attached hydrogens (tertiary/aromatic N) is 2. The zero-order valence-corrected chi connectivity index (χ0v) is 17.6. The SMILES string of the molecule is CCN(C(C)Cc1ccc2c(c1)OC(CNC(=O)CCN1C(=O)C=CC1=O)O2)C(F)(F)F. The molecule has 0 radical (unpaired) electrons. The fraction of sp³-hybridized carbons (Fsp3) is 0.476. The predicted molar refractivity (Wildman–Crippen MR) is 107 cm³/mol. The number of likely N-dealkylation sites (N-methyl/N-ethyl adjacent to an activating group) is 1. The second-order valence-corrected chi connectivity index (χ2v) is 7.47. The molecule has 2 aliphatic rings. The predicted octanol–water partition coefficient (Wildman–Crippen LogP) is 1.99. The molecule has 2 atom stereocenters. The lowest BCUT2D eigenvalue weighted by molar-refractivity contribution is -0.255. The molecule has 3 rings (SSSR count). The highest BCUT2D eigenvalue weighted by Gasteiger charge is 2.39. The van der Waals surface area contributed by atoms with Gasteiger partial charge in [-0.25, -0.2) is 4.90 Å². The summed E-state index contributed by atoms with van der Waals surface area (Å²) in [5.74, 6) is -0.472. The normalized spacial score (nSPS) is 18.6. The van der Waals surface area contributed by atoms with E-state index >= 15 is 0 Å². The maximum absolute atomic E-state index is 13.1. The summed E-state index contributed by atoms with van der Waals surface area (Å²) in [4.78, 5) is 36.4. The molecule has 11 heteroatoms. The average Bonchev–Trinajstić information content (AvgIpc) is 3.26. The lowest BCUT2D eigenvalue weighted by Gasteiger charge is -2.29. The number of nitrogens with one attached hydrogen (secondary N) is 1. The molecule has 32 heavy (non-hydrogen) atoms. The Kier molecular flexibility index (Phi) is 7.07. The maximum Gasteiger partial charge on any atom is 0.460 e. The molecule has 2 unspecified atom stereocenters. The minimum absolute atomic E-state index is 0.0249. The zero-order chi connectivity index (χ0) is 23.5. The molecular weight excluding hydrogens is 431 g/mol. The molecule has 1 aromatic carbocycles. The molecule has 0 spiro atoms. The van der Waals surface area contributed by atoms with Gasteiger partial charge in [0.25, 0.3) is 18.1 Å². The van der Waals surface area contributed by atoms with E-state index in [9.17, 15) is 27.6 Å². The van der Waals surface area contributed by atoms with E-state index in [4.69, 9.17) is 9.47 Å². The van der Waals surface area contributed by atoms with Crippen LogP contribution in [0.4, 0.5) is 13.2 Å². The minimum Gasteiger partial charge on any atom is -0.449 e. The van der Waals surface area contributed by atoms with Gasteiger partial charge in [0.05, 0.1) is 6.54 Å². The molecule has 2 heterocycles. The zero-order valence-electron chi connectivity index (χ0n) is 17.6. The largest absolute Gasteiger partial charge is 0.460 e. The van der Waals surface area contributed by atoms with Crippen molar-refractivity contribution in [1.29, 1.82) is 0 Å². The summed E-state index contributed by atoms with van der Waals surface area (Å²) in [5.41, 5.74) is 0.667.